The minimum atomic E-state index is -2.10. The molecular weight excluding hydrogens is 413 g/mol. The zero-order valence-electron chi connectivity index (χ0n) is 19.4. The zero-order valence-corrected chi connectivity index (χ0v) is 23.4. The molecule has 1 atom stereocenters. The Morgan fingerprint density at radius 3 is 2.04 bits per heavy atom. The van der Waals surface area contributed by atoms with E-state index in [9.17, 15) is 0 Å². The van der Waals surface area contributed by atoms with E-state index in [0.717, 1.165) is 12.8 Å². The predicted octanol–water partition coefficient (Wildman–Crippen LogP) is 6.07. The first-order valence-corrected chi connectivity index (χ1v) is 23.9. The van der Waals surface area contributed by atoms with Crippen LogP contribution in [-0.4, -0.2) is 38.0 Å². The van der Waals surface area contributed by atoms with E-state index in [0.29, 0.717) is 0 Å². The second-order valence-corrected chi connectivity index (χ2v) is 33.5. The van der Waals surface area contributed by atoms with Crippen LogP contribution < -0.4 is 5.19 Å². The third kappa shape index (κ3) is 5.44. The maximum absolute atomic E-state index is 7.12. The van der Waals surface area contributed by atoms with Gasteiger partial charge in [-0.05, 0) is 63.9 Å². The summed E-state index contributed by atoms with van der Waals surface area (Å²) in [4.78, 5) is 0. The fourth-order valence-electron chi connectivity index (χ4n) is 4.15. The Hall–Kier alpha value is -0.292. The fraction of sp³-hybridized carbons (Fsp3) is 0.619. The number of hydrogen-bond donors (Lipinski definition) is 0. The van der Waals surface area contributed by atoms with Crippen molar-refractivity contribution in [2.24, 2.45) is 0 Å². The van der Waals surface area contributed by atoms with E-state index in [1.807, 2.05) is 6.08 Å². The summed E-state index contributed by atoms with van der Waals surface area (Å²) >= 11 is 0. The summed E-state index contributed by atoms with van der Waals surface area (Å²) in [6.07, 6.45) is 3.96. The highest BCUT2D eigenvalue weighted by Crippen LogP contribution is 2.42. The van der Waals surface area contributed by atoms with Crippen molar-refractivity contribution in [2.45, 2.75) is 83.8 Å². The van der Waals surface area contributed by atoms with Gasteiger partial charge < -0.3 is 13.3 Å². The van der Waals surface area contributed by atoms with Gasteiger partial charge in [0.1, 0.15) is 7.59 Å². The molecule has 0 bridgehead atoms. The summed E-state index contributed by atoms with van der Waals surface area (Å²) in [5.74, 6) is -0.846. The summed E-state index contributed by atoms with van der Waals surface area (Å²) in [5.41, 5.74) is 1.25. The molecule has 0 aromatic heterocycles. The third-order valence-electron chi connectivity index (χ3n) is 5.62. The fourth-order valence-corrected chi connectivity index (χ4v) is 17.4. The van der Waals surface area contributed by atoms with Gasteiger partial charge in [-0.15, -0.1) is 0 Å². The molecule has 158 valence electrons. The van der Waals surface area contributed by atoms with Gasteiger partial charge >= 0.3 is 0 Å². The van der Waals surface area contributed by atoms with Gasteiger partial charge in [0.2, 0.25) is 0 Å². The van der Waals surface area contributed by atoms with Crippen molar-refractivity contribution in [1.29, 1.82) is 0 Å². The minimum absolute atomic E-state index is 0.845. The van der Waals surface area contributed by atoms with Crippen molar-refractivity contribution in [1.82, 2.24) is 0 Å². The average molecular weight is 453 g/mol. The highest BCUT2D eigenvalue weighted by atomic mass is 29.3. The van der Waals surface area contributed by atoms with E-state index in [4.69, 9.17) is 13.3 Å². The standard InChI is InChI=1S/C21H40O3Si4/c1-11-19-15-12-13-16-20(19)27(8,9)28(10)18-14-17-21(24-28,22-25(2,3)4)23-26(5,6)7/h11-13,15-16H,1,14,17-18H2,2-10H3. The number of rotatable bonds is 7. The van der Waals surface area contributed by atoms with Gasteiger partial charge in [-0.1, -0.05) is 55.2 Å². The van der Waals surface area contributed by atoms with E-state index < -0.39 is 38.0 Å². The highest BCUT2D eigenvalue weighted by molar-refractivity contribution is 7.43. The molecule has 0 spiro atoms. The second kappa shape index (κ2) is 8.09. The highest BCUT2D eigenvalue weighted by Gasteiger charge is 2.57. The molecule has 0 amide bonds. The van der Waals surface area contributed by atoms with E-state index in [1.54, 1.807) is 0 Å². The van der Waals surface area contributed by atoms with E-state index in [2.05, 4.69) is 89.8 Å². The first-order chi connectivity index (χ1) is 12.6. The second-order valence-electron chi connectivity index (χ2n) is 10.7. The molecule has 1 aliphatic rings. The maximum atomic E-state index is 7.12. The van der Waals surface area contributed by atoms with Crippen LogP contribution in [0.3, 0.4) is 0 Å². The van der Waals surface area contributed by atoms with Gasteiger partial charge in [0.15, 0.2) is 24.5 Å². The SMILES string of the molecule is C=Cc1ccccc1[Si](C)(C)[Si]1(C)CCCC(O[Si](C)(C)C)(O[Si](C)(C)C)O1. The Balaban J connectivity index is 2.50. The van der Waals surface area contributed by atoms with Crippen molar-refractivity contribution < 1.29 is 13.3 Å². The molecule has 1 aromatic carbocycles. The summed E-state index contributed by atoms with van der Waals surface area (Å²) in [7, 11) is -7.68. The molecule has 1 heterocycles. The number of benzene rings is 1. The lowest BCUT2D eigenvalue weighted by Gasteiger charge is -2.54. The molecule has 1 aliphatic heterocycles. The lowest BCUT2D eigenvalue weighted by atomic mass is 10.2. The summed E-state index contributed by atoms with van der Waals surface area (Å²) in [6.45, 7) is 24.8. The van der Waals surface area contributed by atoms with E-state index in [-0.39, 0.29) is 0 Å². The Bertz CT molecular complexity index is 690. The molecule has 0 saturated carbocycles. The Kier molecular flexibility index (Phi) is 6.93. The zero-order chi connectivity index (χ0) is 21.4. The molecule has 1 unspecified atom stereocenters. The van der Waals surface area contributed by atoms with Crippen LogP contribution in [0.4, 0.5) is 0 Å². The van der Waals surface area contributed by atoms with Crippen molar-refractivity contribution in [2.75, 3.05) is 0 Å². The molecule has 28 heavy (non-hydrogen) atoms. The molecular formula is C21H40O3Si4. The monoisotopic (exact) mass is 452 g/mol. The lowest BCUT2D eigenvalue weighted by molar-refractivity contribution is -0.278. The van der Waals surface area contributed by atoms with Crippen molar-refractivity contribution in [3.05, 3.63) is 36.4 Å². The van der Waals surface area contributed by atoms with E-state index in [1.165, 1.54) is 16.8 Å². The predicted molar refractivity (Wildman–Crippen MR) is 132 cm³/mol. The van der Waals surface area contributed by atoms with Gasteiger partial charge in [-0.3, -0.25) is 0 Å². The van der Waals surface area contributed by atoms with E-state index >= 15 is 0 Å². The quantitative estimate of drug-likeness (QED) is 0.371. The molecule has 1 saturated heterocycles. The van der Waals surface area contributed by atoms with Crippen LogP contribution in [0.2, 0.25) is 65.0 Å². The van der Waals surface area contributed by atoms with Crippen LogP contribution in [0.15, 0.2) is 30.8 Å². The Labute approximate surface area is 176 Å². The smallest absolute Gasteiger partial charge is 0.254 e. The van der Waals surface area contributed by atoms with Gasteiger partial charge in [0, 0.05) is 6.42 Å². The minimum Gasteiger partial charge on any atom is -0.373 e. The Morgan fingerprint density at radius 1 is 1.00 bits per heavy atom. The van der Waals surface area contributed by atoms with Gasteiger partial charge in [0.05, 0.1) is 0 Å². The van der Waals surface area contributed by atoms with Crippen LogP contribution in [0, 0.1) is 0 Å². The molecule has 7 heteroatoms. The van der Waals surface area contributed by atoms with Crippen molar-refractivity contribution >= 4 is 43.3 Å². The molecule has 1 aromatic rings. The van der Waals surface area contributed by atoms with Gasteiger partial charge in [-0.25, -0.2) is 0 Å². The number of hydrogen-bond acceptors (Lipinski definition) is 3. The first kappa shape index (κ1) is 24.0. The molecule has 0 radical (unpaired) electrons. The normalized spacial score (nSPS) is 23.5. The average Bonchev–Trinajstić information content (AvgIpc) is 2.50. The third-order valence-corrected chi connectivity index (χ3v) is 23.8. The summed E-state index contributed by atoms with van der Waals surface area (Å²) in [6, 6.07) is 9.90. The van der Waals surface area contributed by atoms with Gasteiger partial charge in [0.25, 0.3) is 5.97 Å². The largest absolute Gasteiger partial charge is 0.373 e. The van der Waals surface area contributed by atoms with Crippen LogP contribution >= 0.6 is 0 Å². The van der Waals surface area contributed by atoms with Crippen LogP contribution in [0.5, 0.6) is 0 Å². The molecule has 0 N–H and O–H groups in total. The Morgan fingerprint density at radius 2 is 1.54 bits per heavy atom. The van der Waals surface area contributed by atoms with Crippen molar-refractivity contribution in [3.63, 3.8) is 0 Å². The summed E-state index contributed by atoms with van der Waals surface area (Å²) in [5, 5.41) is 1.45. The van der Waals surface area contributed by atoms with Crippen LogP contribution in [0.1, 0.15) is 18.4 Å². The van der Waals surface area contributed by atoms with Crippen LogP contribution in [-0.2, 0) is 13.3 Å². The first-order valence-electron chi connectivity index (χ1n) is 10.5. The molecule has 0 aliphatic carbocycles. The van der Waals surface area contributed by atoms with Crippen LogP contribution in [0.25, 0.3) is 6.08 Å². The maximum Gasteiger partial charge on any atom is 0.254 e. The summed E-state index contributed by atoms with van der Waals surface area (Å²) < 4.78 is 20.5. The van der Waals surface area contributed by atoms with Gasteiger partial charge in [-0.2, -0.15) is 0 Å². The molecule has 1 fully saturated rings. The topological polar surface area (TPSA) is 27.7 Å². The van der Waals surface area contributed by atoms with Crippen molar-refractivity contribution in [3.8, 4) is 0 Å². The lowest BCUT2D eigenvalue weighted by Crippen LogP contribution is -2.72. The molecule has 2 rings (SSSR count). The molecule has 3 nitrogen and oxygen atoms in total.